The van der Waals surface area contributed by atoms with Crippen LogP contribution < -0.4 is 34.7 Å². The summed E-state index contributed by atoms with van der Waals surface area (Å²) >= 11 is 0. The molecule has 0 spiro atoms. The molecule has 2 fully saturated rings. The first-order valence-corrected chi connectivity index (χ1v) is 9.01. The number of rotatable bonds is 5. The Kier molecular flexibility index (Phi) is 5.53. The van der Waals surface area contributed by atoms with E-state index in [0.29, 0.717) is 0 Å². The number of amides is 1. The van der Waals surface area contributed by atoms with Crippen LogP contribution >= 0.6 is 0 Å². The Balaban J connectivity index is 0.00000243. The zero-order chi connectivity index (χ0) is 18.6. The Morgan fingerprint density at radius 3 is 2.65 bits per heavy atom. The van der Waals surface area contributed by atoms with Crippen LogP contribution in [-0.4, -0.2) is 68.9 Å². The SMILES string of the molecule is CCOC(=O)c1cnnn1C[C@@]1(C)[C@H](C(=O)[O-])N2C(=O)C[C@H]2S1(=O)=O.[Na+]. The van der Waals surface area contributed by atoms with Gasteiger partial charge in [0.15, 0.2) is 15.5 Å². The van der Waals surface area contributed by atoms with E-state index in [0.717, 1.165) is 15.8 Å². The molecule has 3 rings (SSSR count). The first-order chi connectivity index (χ1) is 11.6. The molecule has 1 amide bonds. The maximum absolute atomic E-state index is 12.8. The van der Waals surface area contributed by atoms with E-state index in [2.05, 4.69) is 10.3 Å². The van der Waals surface area contributed by atoms with Gasteiger partial charge in [-0.1, -0.05) is 5.21 Å². The maximum atomic E-state index is 12.8. The van der Waals surface area contributed by atoms with E-state index in [1.807, 2.05) is 0 Å². The van der Waals surface area contributed by atoms with Gasteiger partial charge in [0.1, 0.15) is 10.1 Å². The number of carboxylic acid groups (broad SMARTS) is 1. The maximum Gasteiger partial charge on any atom is 1.00 e. The van der Waals surface area contributed by atoms with Gasteiger partial charge in [-0.3, -0.25) is 4.79 Å². The third-order valence-corrected chi connectivity index (χ3v) is 7.36. The molecule has 136 valence electrons. The van der Waals surface area contributed by atoms with Crippen molar-refractivity contribution in [2.24, 2.45) is 0 Å². The van der Waals surface area contributed by atoms with Crippen molar-refractivity contribution in [3.05, 3.63) is 11.9 Å². The van der Waals surface area contributed by atoms with Gasteiger partial charge in [-0.2, -0.15) is 0 Å². The zero-order valence-corrected chi connectivity index (χ0v) is 17.2. The number of fused-ring (bicyclic) bond motifs is 1. The van der Waals surface area contributed by atoms with Crippen LogP contribution in [0.1, 0.15) is 30.8 Å². The Hall–Kier alpha value is -1.50. The molecule has 26 heavy (non-hydrogen) atoms. The predicted molar refractivity (Wildman–Crippen MR) is 77.3 cm³/mol. The summed E-state index contributed by atoms with van der Waals surface area (Å²) in [5.74, 6) is -3.02. The second-order valence-corrected chi connectivity index (χ2v) is 8.60. The first kappa shape index (κ1) is 20.8. The molecule has 11 nitrogen and oxygen atoms in total. The number of sulfone groups is 1. The van der Waals surface area contributed by atoms with Crippen molar-refractivity contribution in [3.8, 4) is 0 Å². The van der Waals surface area contributed by atoms with Gasteiger partial charge in [-0.15, -0.1) is 5.10 Å². The number of β-lactam (4-membered cyclic amide) rings is 1. The minimum absolute atomic E-state index is 0. The monoisotopic (exact) mass is 394 g/mol. The van der Waals surface area contributed by atoms with E-state index in [1.165, 1.54) is 6.92 Å². The molecule has 0 bridgehead atoms. The standard InChI is InChI=1S/C13H16N4O7S.Na/c1-3-24-12(21)7-5-14-15-16(7)6-13(2)10(11(19)20)17-8(18)4-9(17)25(13,22)23;/h5,9-10H,3-4,6H2,1-2H3,(H,19,20);/q;+1/p-1/t9-,10+,13+;/m1./s1. The Labute approximate surface area is 170 Å². The molecular formula is C13H15N4NaO7S. The Morgan fingerprint density at radius 1 is 1.46 bits per heavy atom. The van der Waals surface area contributed by atoms with Gasteiger partial charge >= 0.3 is 35.5 Å². The molecule has 2 saturated heterocycles. The van der Waals surface area contributed by atoms with Crippen LogP contribution in [0.5, 0.6) is 0 Å². The van der Waals surface area contributed by atoms with Crippen LogP contribution in [0.2, 0.25) is 0 Å². The Bertz CT molecular complexity index is 870. The van der Waals surface area contributed by atoms with Crippen LogP contribution in [0.15, 0.2) is 6.20 Å². The molecule has 0 aliphatic carbocycles. The molecule has 2 aliphatic heterocycles. The third kappa shape index (κ3) is 2.75. The molecule has 0 radical (unpaired) electrons. The van der Waals surface area contributed by atoms with Crippen LogP contribution in [0.4, 0.5) is 0 Å². The van der Waals surface area contributed by atoms with Crippen molar-refractivity contribution >= 4 is 27.7 Å². The largest absolute Gasteiger partial charge is 1.00 e. The fourth-order valence-electron chi connectivity index (χ4n) is 3.31. The van der Waals surface area contributed by atoms with E-state index >= 15 is 0 Å². The van der Waals surface area contributed by atoms with Crippen molar-refractivity contribution in [1.29, 1.82) is 0 Å². The number of hydrogen-bond donors (Lipinski definition) is 0. The molecule has 0 saturated carbocycles. The summed E-state index contributed by atoms with van der Waals surface area (Å²) in [5.41, 5.74) is -0.115. The quantitative estimate of drug-likeness (QED) is 0.270. The third-order valence-electron chi connectivity index (χ3n) is 4.60. The number of carbonyl (C=O) groups excluding carboxylic acids is 3. The number of nitrogens with zero attached hydrogens (tertiary/aromatic N) is 4. The molecule has 2 aliphatic rings. The van der Waals surface area contributed by atoms with Crippen molar-refractivity contribution in [2.45, 2.75) is 43.0 Å². The average Bonchev–Trinajstić information content (AvgIpc) is 3.01. The topological polar surface area (TPSA) is 152 Å². The van der Waals surface area contributed by atoms with E-state index in [4.69, 9.17) is 4.74 Å². The summed E-state index contributed by atoms with van der Waals surface area (Å²) in [6.45, 7) is 2.40. The fourth-order valence-corrected chi connectivity index (χ4v) is 5.65. The molecule has 3 atom stereocenters. The summed E-state index contributed by atoms with van der Waals surface area (Å²) in [6, 6.07) is -1.68. The average molecular weight is 394 g/mol. The number of ether oxygens (including phenoxy) is 1. The zero-order valence-electron chi connectivity index (χ0n) is 14.4. The van der Waals surface area contributed by atoms with E-state index in [9.17, 15) is 27.9 Å². The van der Waals surface area contributed by atoms with Gasteiger partial charge in [0.25, 0.3) is 0 Å². The van der Waals surface area contributed by atoms with Crippen molar-refractivity contribution in [3.63, 3.8) is 0 Å². The van der Waals surface area contributed by atoms with Gasteiger partial charge in [0.05, 0.1) is 37.8 Å². The summed E-state index contributed by atoms with van der Waals surface area (Å²) < 4.78 is 29.5. The molecule has 0 aromatic carbocycles. The summed E-state index contributed by atoms with van der Waals surface area (Å²) in [5, 5.41) is 17.6. The molecule has 3 heterocycles. The van der Waals surface area contributed by atoms with Gasteiger partial charge in [-0.25, -0.2) is 17.9 Å². The van der Waals surface area contributed by atoms with Crippen molar-refractivity contribution in [1.82, 2.24) is 19.9 Å². The van der Waals surface area contributed by atoms with Gasteiger partial charge in [0, 0.05) is 0 Å². The van der Waals surface area contributed by atoms with E-state index in [-0.39, 0.29) is 48.3 Å². The molecule has 1 aromatic rings. The number of carboxylic acids is 1. The fraction of sp³-hybridized carbons (Fsp3) is 0.615. The van der Waals surface area contributed by atoms with Crippen molar-refractivity contribution < 1.29 is 62.2 Å². The second kappa shape index (κ2) is 6.91. The van der Waals surface area contributed by atoms with Gasteiger partial charge in [0.2, 0.25) is 5.91 Å². The van der Waals surface area contributed by atoms with Crippen molar-refractivity contribution in [2.75, 3.05) is 6.61 Å². The predicted octanol–water partition coefficient (Wildman–Crippen LogP) is -5.68. The van der Waals surface area contributed by atoms with E-state index in [1.54, 1.807) is 6.92 Å². The summed E-state index contributed by atoms with van der Waals surface area (Å²) in [6.07, 6.45) is 0.820. The number of carbonyl (C=O) groups is 3. The molecule has 1 aromatic heterocycles. The van der Waals surface area contributed by atoms with Crippen LogP contribution in [0, 0.1) is 0 Å². The Morgan fingerprint density at radius 2 is 2.12 bits per heavy atom. The number of hydrogen-bond acceptors (Lipinski definition) is 9. The minimum atomic E-state index is -4.04. The number of aromatic nitrogens is 3. The smallest absolute Gasteiger partial charge is 0.548 e. The van der Waals surface area contributed by atoms with Gasteiger partial charge < -0.3 is 19.5 Å². The van der Waals surface area contributed by atoms with Crippen LogP contribution in [-0.2, 0) is 30.7 Å². The molecule has 0 unspecified atom stereocenters. The van der Waals surface area contributed by atoms with E-state index < -0.39 is 50.4 Å². The molecule has 0 N–H and O–H groups in total. The first-order valence-electron chi connectivity index (χ1n) is 7.46. The summed E-state index contributed by atoms with van der Waals surface area (Å²) in [7, 11) is -4.04. The van der Waals surface area contributed by atoms with Crippen LogP contribution in [0.3, 0.4) is 0 Å². The minimum Gasteiger partial charge on any atom is -0.548 e. The molecule has 13 heteroatoms. The number of aliphatic carboxylic acids is 1. The normalized spacial score (nSPS) is 28.7. The summed E-state index contributed by atoms with van der Waals surface area (Å²) in [4.78, 5) is 36.0. The molecular weight excluding hydrogens is 379 g/mol. The second-order valence-electron chi connectivity index (χ2n) is 6.04. The number of esters is 1. The van der Waals surface area contributed by atoms with Crippen LogP contribution in [0.25, 0.3) is 0 Å². The van der Waals surface area contributed by atoms with Gasteiger partial charge in [-0.05, 0) is 13.8 Å².